The largest absolute Gasteiger partial charge is 0.316 e. The Morgan fingerprint density at radius 3 is 2.71 bits per heavy atom. The van der Waals surface area contributed by atoms with Crippen molar-refractivity contribution in [2.75, 3.05) is 19.6 Å². The highest BCUT2D eigenvalue weighted by Crippen LogP contribution is 2.18. The van der Waals surface area contributed by atoms with Crippen molar-refractivity contribution in [3.8, 4) is 0 Å². The second-order valence-electron chi connectivity index (χ2n) is 4.99. The predicted octanol–water partition coefficient (Wildman–Crippen LogP) is 1.30. The van der Waals surface area contributed by atoms with E-state index < -0.39 is 0 Å². The number of rotatable bonds is 8. The Hall–Kier alpha value is -0.870. The van der Waals surface area contributed by atoms with Gasteiger partial charge in [-0.2, -0.15) is 5.10 Å². The van der Waals surface area contributed by atoms with Gasteiger partial charge in [0, 0.05) is 11.7 Å². The lowest BCUT2D eigenvalue weighted by Crippen LogP contribution is -2.24. The van der Waals surface area contributed by atoms with Gasteiger partial charge in [-0.15, -0.1) is 0 Å². The number of aromatic amines is 1. The molecular weight excluding hydrogens is 212 g/mol. The summed E-state index contributed by atoms with van der Waals surface area (Å²) in [5.41, 5.74) is 3.72. The third-order valence-corrected chi connectivity index (χ3v) is 3.37. The molecule has 1 aliphatic rings. The van der Waals surface area contributed by atoms with E-state index in [9.17, 15) is 0 Å². The zero-order valence-corrected chi connectivity index (χ0v) is 11.0. The summed E-state index contributed by atoms with van der Waals surface area (Å²) in [6.45, 7) is 7.47. The van der Waals surface area contributed by atoms with Crippen molar-refractivity contribution < 1.29 is 0 Å². The van der Waals surface area contributed by atoms with Crippen LogP contribution < -0.4 is 10.6 Å². The summed E-state index contributed by atoms with van der Waals surface area (Å²) < 4.78 is 0. The van der Waals surface area contributed by atoms with E-state index in [0.29, 0.717) is 0 Å². The van der Waals surface area contributed by atoms with Gasteiger partial charge in [0.1, 0.15) is 0 Å². The molecule has 17 heavy (non-hydrogen) atoms. The van der Waals surface area contributed by atoms with Gasteiger partial charge >= 0.3 is 0 Å². The molecule has 4 heteroatoms. The van der Waals surface area contributed by atoms with Crippen LogP contribution in [-0.4, -0.2) is 35.9 Å². The SMILES string of the molecule is Cc1n[nH]c(C)c1CCNCCCNC1CC1. The molecule has 0 amide bonds. The van der Waals surface area contributed by atoms with Crippen LogP contribution in [0.5, 0.6) is 0 Å². The van der Waals surface area contributed by atoms with Gasteiger partial charge in [0.05, 0.1) is 5.69 Å². The molecule has 1 heterocycles. The van der Waals surface area contributed by atoms with Crippen molar-refractivity contribution in [3.05, 3.63) is 17.0 Å². The Balaban J connectivity index is 1.50. The number of nitrogens with zero attached hydrogens (tertiary/aromatic N) is 1. The van der Waals surface area contributed by atoms with Crippen LogP contribution in [0.15, 0.2) is 0 Å². The first-order valence-electron chi connectivity index (χ1n) is 6.72. The minimum Gasteiger partial charge on any atom is -0.316 e. The normalized spacial score (nSPS) is 15.4. The molecule has 1 saturated carbocycles. The number of hydrogen-bond donors (Lipinski definition) is 3. The lowest BCUT2D eigenvalue weighted by molar-refractivity contribution is 0.593. The van der Waals surface area contributed by atoms with Gasteiger partial charge in [-0.25, -0.2) is 0 Å². The molecule has 2 rings (SSSR count). The average Bonchev–Trinajstić information content (AvgIpc) is 3.08. The predicted molar refractivity (Wildman–Crippen MR) is 70.3 cm³/mol. The molecule has 1 aliphatic carbocycles. The van der Waals surface area contributed by atoms with Crippen LogP contribution >= 0.6 is 0 Å². The van der Waals surface area contributed by atoms with Crippen molar-refractivity contribution in [1.29, 1.82) is 0 Å². The van der Waals surface area contributed by atoms with E-state index >= 15 is 0 Å². The molecule has 4 nitrogen and oxygen atoms in total. The zero-order valence-electron chi connectivity index (χ0n) is 11.0. The Labute approximate surface area is 104 Å². The molecule has 0 aliphatic heterocycles. The van der Waals surface area contributed by atoms with Crippen LogP contribution in [-0.2, 0) is 6.42 Å². The topological polar surface area (TPSA) is 52.7 Å². The van der Waals surface area contributed by atoms with Crippen molar-refractivity contribution in [2.45, 2.75) is 45.6 Å². The quantitative estimate of drug-likeness (QED) is 0.596. The van der Waals surface area contributed by atoms with Crippen molar-refractivity contribution in [2.24, 2.45) is 0 Å². The molecule has 0 radical (unpaired) electrons. The summed E-state index contributed by atoms with van der Waals surface area (Å²) in [6, 6.07) is 0.839. The van der Waals surface area contributed by atoms with Crippen molar-refractivity contribution >= 4 is 0 Å². The highest BCUT2D eigenvalue weighted by atomic mass is 15.1. The van der Waals surface area contributed by atoms with Gasteiger partial charge in [-0.3, -0.25) is 5.10 Å². The van der Waals surface area contributed by atoms with Crippen molar-refractivity contribution in [1.82, 2.24) is 20.8 Å². The Morgan fingerprint density at radius 2 is 2.06 bits per heavy atom. The number of hydrogen-bond acceptors (Lipinski definition) is 3. The Morgan fingerprint density at radius 1 is 1.24 bits per heavy atom. The third-order valence-electron chi connectivity index (χ3n) is 3.37. The van der Waals surface area contributed by atoms with E-state index in [1.165, 1.54) is 30.5 Å². The number of H-pyrrole nitrogens is 1. The van der Waals surface area contributed by atoms with Crippen LogP contribution in [0.25, 0.3) is 0 Å². The van der Waals surface area contributed by atoms with Gasteiger partial charge in [0.25, 0.3) is 0 Å². The van der Waals surface area contributed by atoms with Gasteiger partial charge in [0.2, 0.25) is 0 Å². The minimum atomic E-state index is 0.839. The summed E-state index contributed by atoms with van der Waals surface area (Å²) in [6.07, 6.45) is 5.06. The fraction of sp³-hybridized carbons (Fsp3) is 0.769. The number of nitrogens with one attached hydrogen (secondary N) is 3. The van der Waals surface area contributed by atoms with Crippen LogP contribution in [0.4, 0.5) is 0 Å². The van der Waals surface area contributed by atoms with Crippen LogP contribution in [0.3, 0.4) is 0 Å². The molecule has 0 unspecified atom stereocenters. The maximum Gasteiger partial charge on any atom is 0.0626 e. The zero-order chi connectivity index (χ0) is 12.1. The first-order chi connectivity index (χ1) is 8.27. The second kappa shape index (κ2) is 6.17. The third kappa shape index (κ3) is 4.13. The van der Waals surface area contributed by atoms with Gasteiger partial charge in [0.15, 0.2) is 0 Å². The van der Waals surface area contributed by atoms with Crippen molar-refractivity contribution in [3.63, 3.8) is 0 Å². The maximum atomic E-state index is 4.21. The monoisotopic (exact) mass is 236 g/mol. The first kappa shape index (κ1) is 12.6. The Kier molecular flexibility index (Phi) is 4.57. The number of aromatic nitrogens is 2. The maximum absolute atomic E-state index is 4.21. The average molecular weight is 236 g/mol. The van der Waals surface area contributed by atoms with E-state index in [1.54, 1.807) is 0 Å². The van der Waals surface area contributed by atoms with E-state index in [1.807, 2.05) is 0 Å². The van der Waals surface area contributed by atoms with Gasteiger partial charge in [-0.1, -0.05) is 0 Å². The standard InChI is InChI=1S/C13H24N4/c1-10-13(11(2)17-16-10)6-9-14-7-3-8-15-12-4-5-12/h12,14-15H,3-9H2,1-2H3,(H,16,17). The fourth-order valence-electron chi connectivity index (χ4n) is 2.09. The lowest BCUT2D eigenvalue weighted by Gasteiger charge is -2.05. The van der Waals surface area contributed by atoms with Crippen LogP contribution in [0.1, 0.15) is 36.2 Å². The minimum absolute atomic E-state index is 0.839. The molecule has 3 N–H and O–H groups in total. The molecule has 1 aromatic rings. The molecule has 0 spiro atoms. The fourth-order valence-corrected chi connectivity index (χ4v) is 2.09. The molecule has 0 bridgehead atoms. The van der Waals surface area contributed by atoms with E-state index in [0.717, 1.165) is 37.8 Å². The second-order valence-corrected chi connectivity index (χ2v) is 4.99. The van der Waals surface area contributed by atoms with E-state index in [4.69, 9.17) is 0 Å². The Bertz CT molecular complexity index is 322. The van der Waals surface area contributed by atoms with Crippen LogP contribution in [0, 0.1) is 13.8 Å². The van der Waals surface area contributed by atoms with E-state index in [-0.39, 0.29) is 0 Å². The molecule has 0 atom stereocenters. The highest BCUT2D eigenvalue weighted by molar-refractivity contribution is 5.23. The number of aryl methyl sites for hydroxylation is 2. The molecule has 1 fully saturated rings. The summed E-state index contributed by atoms with van der Waals surface area (Å²) in [7, 11) is 0. The molecule has 0 saturated heterocycles. The first-order valence-corrected chi connectivity index (χ1v) is 6.72. The van der Waals surface area contributed by atoms with Gasteiger partial charge in [-0.05, 0) is 64.7 Å². The molecular formula is C13H24N4. The smallest absolute Gasteiger partial charge is 0.0626 e. The molecule has 1 aromatic heterocycles. The van der Waals surface area contributed by atoms with E-state index in [2.05, 4.69) is 34.7 Å². The molecule has 0 aromatic carbocycles. The van der Waals surface area contributed by atoms with Crippen LogP contribution in [0.2, 0.25) is 0 Å². The summed E-state index contributed by atoms with van der Waals surface area (Å²) in [5.74, 6) is 0. The highest BCUT2D eigenvalue weighted by Gasteiger charge is 2.19. The van der Waals surface area contributed by atoms with Gasteiger partial charge < -0.3 is 10.6 Å². The summed E-state index contributed by atoms with van der Waals surface area (Å²) in [5, 5.41) is 14.3. The lowest BCUT2D eigenvalue weighted by atomic mass is 10.1. The summed E-state index contributed by atoms with van der Waals surface area (Å²) in [4.78, 5) is 0. The summed E-state index contributed by atoms with van der Waals surface area (Å²) >= 11 is 0. The molecule has 96 valence electrons.